The third-order valence-corrected chi connectivity index (χ3v) is 4.26. The Kier molecular flexibility index (Phi) is 7.91. The van der Waals surface area contributed by atoms with Crippen LogP contribution >= 0.6 is 0 Å². The Labute approximate surface area is 160 Å². The molecule has 27 heavy (non-hydrogen) atoms. The standard InChI is InChI=1S/C19H29N5O3/c1-4-27-19(26)24-12-10-23(11-13-24)18(21-15-17(25)22(2)3)20-14-16-8-6-5-7-9-16/h5-9H,4,10-15H2,1-3H3,(H,20,21). The van der Waals surface area contributed by atoms with Crippen molar-refractivity contribution in [2.24, 2.45) is 4.99 Å². The molecule has 1 fully saturated rings. The van der Waals surface area contributed by atoms with E-state index in [0.717, 1.165) is 5.56 Å². The number of guanidine groups is 1. The summed E-state index contributed by atoms with van der Waals surface area (Å²) in [5.74, 6) is 0.658. The number of rotatable bonds is 5. The van der Waals surface area contributed by atoms with E-state index in [1.165, 1.54) is 0 Å². The number of nitrogens with zero attached hydrogens (tertiary/aromatic N) is 4. The second-order valence-electron chi connectivity index (χ2n) is 6.44. The topological polar surface area (TPSA) is 77.5 Å². The fourth-order valence-corrected chi connectivity index (χ4v) is 2.65. The van der Waals surface area contributed by atoms with E-state index in [9.17, 15) is 9.59 Å². The average molecular weight is 375 g/mol. The molecule has 1 aliphatic rings. The maximum absolute atomic E-state index is 11.9. The molecule has 1 aromatic carbocycles. The molecule has 0 bridgehead atoms. The number of carbonyl (C=O) groups is 2. The van der Waals surface area contributed by atoms with E-state index in [-0.39, 0.29) is 18.5 Å². The zero-order valence-corrected chi connectivity index (χ0v) is 16.4. The van der Waals surface area contributed by atoms with Crippen LogP contribution in [0.4, 0.5) is 4.79 Å². The minimum Gasteiger partial charge on any atom is -0.450 e. The maximum Gasteiger partial charge on any atom is 0.409 e. The molecule has 0 unspecified atom stereocenters. The summed E-state index contributed by atoms with van der Waals surface area (Å²) in [7, 11) is 3.45. The van der Waals surface area contributed by atoms with Gasteiger partial charge < -0.3 is 24.8 Å². The molecule has 0 radical (unpaired) electrons. The van der Waals surface area contributed by atoms with Gasteiger partial charge in [-0.25, -0.2) is 9.79 Å². The molecule has 148 valence electrons. The van der Waals surface area contributed by atoms with Gasteiger partial charge >= 0.3 is 6.09 Å². The Morgan fingerprint density at radius 1 is 1.11 bits per heavy atom. The van der Waals surface area contributed by atoms with Gasteiger partial charge in [-0.05, 0) is 12.5 Å². The van der Waals surface area contributed by atoms with E-state index < -0.39 is 0 Å². The molecule has 0 aromatic heterocycles. The first-order valence-electron chi connectivity index (χ1n) is 9.20. The number of amides is 2. The monoisotopic (exact) mass is 375 g/mol. The molecule has 0 atom stereocenters. The summed E-state index contributed by atoms with van der Waals surface area (Å²) in [6.07, 6.45) is -0.282. The number of aliphatic imine (C=N–C) groups is 1. The minimum atomic E-state index is -0.282. The lowest BCUT2D eigenvalue weighted by molar-refractivity contribution is -0.127. The van der Waals surface area contributed by atoms with E-state index in [1.54, 1.807) is 30.8 Å². The Morgan fingerprint density at radius 3 is 2.33 bits per heavy atom. The molecule has 2 rings (SSSR count). The van der Waals surface area contributed by atoms with Crippen molar-refractivity contribution in [1.29, 1.82) is 0 Å². The highest BCUT2D eigenvalue weighted by molar-refractivity contribution is 5.86. The predicted molar refractivity (Wildman–Crippen MR) is 104 cm³/mol. The summed E-state index contributed by atoms with van der Waals surface area (Å²) >= 11 is 0. The zero-order chi connectivity index (χ0) is 19.6. The number of hydrogen-bond acceptors (Lipinski definition) is 4. The molecule has 2 amide bonds. The van der Waals surface area contributed by atoms with Crippen LogP contribution < -0.4 is 5.32 Å². The third kappa shape index (κ3) is 6.47. The van der Waals surface area contributed by atoms with E-state index >= 15 is 0 Å². The lowest BCUT2D eigenvalue weighted by Gasteiger charge is -2.36. The Hall–Kier alpha value is -2.77. The van der Waals surface area contributed by atoms with Crippen LogP contribution in [0.1, 0.15) is 12.5 Å². The predicted octanol–water partition coefficient (Wildman–Crippen LogP) is 0.995. The first-order chi connectivity index (χ1) is 13.0. The summed E-state index contributed by atoms with van der Waals surface area (Å²) in [4.78, 5) is 33.8. The van der Waals surface area contributed by atoms with E-state index in [1.807, 2.05) is 30.3 Å². The Morgan fingerprint density at radius 2 is 1.74 bits per heavy atom. The zero-order valence-electron chi connectivity index (χ0n) is 16.4. The van der Waals surface area contributed by atoms with Crippen molar-refractivity contribution in [3.8, 4) is 0 Å². The molecule has 1 aromatic rings. The van der Waals surface area contributed by atoms with Crippen LogP contribution in [0.5, 0.6) is 0 Å². The highest BCUT2D eigenvalue weighted by atomic mass is 16.6. The van der Waals surface area contributed by atoms with E-state index in [4.69, 9.17) is 4.74 Å². The van der Waals surface area contributed by atoms with Gasteiger partial charge in [-0.1, -0.05) is 30.3 Å². The van der Waals surface area contributed by atoms with Gasteiger partial charge in [0.05, 0.1) is 19.7 Å². The number of carbonyl (C=O) groups excluding carboxylic acids is 2. The molecular formula is C19H29N5O3. The minimum absolute atomic E-state index is 0.0208. The normalized spacial score (nSPS) is 14.7. The molecule has 0 saturated carbocycles. The number of benzene rings is 1. The maximum atomic E-state index is 11.9. The van der Waals surface area contributed by atoms with E-state index in [0.29, 0.717) is 45.3 Å². The largest absolute Gasteiger partial charge is 0.450 e. The first kappa shape index (κ1) is 20.5. The van der Waals surface area contributed by atoms with Crippen molar-refractivity contribution in [2.75, 3.05) is 53.4 Å². The Balaban J connectivity index is 2.01. The molecule has 1 heterocycles. The first-order valence-corrected chi connectivity index (χ1v) is 9.20. The average Bonchev–Trinajstić information content (AvgIpc) is 2.69. The quantitative estimate of drug-likeness (QED) is 0.614. The third-order valence-electron chi connectivity index (χ3n) is 4.26. The summed E-state index contributed by atoms with van der Waals surface area (Å²) in [5.41, 5.74) is 1.10. The van der Waals surface area contributed by atoms with Crippen LogP contribution in [0, 0.1) is 0 Å². The number of nitrogens with one attached hydrogen (secondary N) is 1. The van der Waals surface area contributed by atoms with Gasteiger partial charge in [-0.3, -0.25) is 4.79 Å². The van der Waals surface area contributed by atoms with Gasteiger partial charge in [-0.2, -0.15) is 0 Å². The van der Waals surface area contributed by atoms with E-state index in [2.05, 4.69) is 15.2 Å². The molecule has 0 spiro atoms. The second kappa shape index (κ2) is 10.4. The fourth-order valence-electron chi connectivity index (χ4n) is 2.65. The van der Waals surface area contributed by atoms with Crippen molar-refractivity contribution in [2.45, 2.75) is 13.5 Å². The smallest absolute Gasteiger partial charge is 0.409 e. The van der Waals surface area contributed by atoms with Crippen LogP contribution in [-0.4, -0.2) is 86.1 Å². The molecule has 8 heteroatoms. The summed E-state index contributed by atoms with van der Waals surface area (Å²) < 4.78 is 5.06. The SMILES string of the molecule is CCOC(=O)N1CCN(C(=NCc2ccccc2)NCC(=O)N(C)C)CC1. The molecule has 1 aliphatic heterocycles. The van der Waals surface area contributed by atoms with Crippen molar-refractivity contribution in [3.05, 3.63) is 35.9 Å². The van der Waals surface area contributed by atoms with Crippen LogP contribution in [0.25, 0.3) is 0 Å². The molecule has 1 N–H and O–H groups in total. The highest BCUT2D eigenvalue weighted by Crippen LogP contribution is 2.06. The van der Waals surface area contributed by atoms with Gasteiger partial charge in [0.1, 0.15) is 0 Å². The Bertz CT molecular complexity index is 640. The molecule has 8 nitrogen and oxygen atoms in total. The second-order valence-corrected chi connectivity index (χ2v) is 6.44. The molecular weight excluding hydrogens is 346 g/mol. The van der Waals surface area contributed by atoms with Gasteiger partial charge in [0.2, 0.25) is 5.91 Å². The van der Waals surface area contributed by atoms with Crippen LogP contribution in [0.3, 0.4) is 0 Å². The highest BCUT2D eigenvalue weighted by Gasteiger charge is 2.24. The summed E-state index contributed by atoms with van der Waals surface area (Å²) in [6, 6.07) is 9.96. The summed E-state index contributed by atoms with van der Waals surface area (Å²) in [6.45, 7) is 5.27. The molecule has 0 aliphatic carbocycles. The van der Waals surface area contributed by atoms with Gasteiger partial charge in [0, 0.05) is 40.3 Å². The lowest BCUT2D eigenvalue weighted by Crippen LogP contribution is -2.54. The lowest BCUT2D eigenvalue weighted by atomic mass is 10.2. The van der Waals surface area contributed by atoms with Gasteiger partial charge in [-0.15, -0.1) is 0 Å². The number of ether oxygens (including phenoxy) is 1. The number of hydrogen-bond donors (Lipinski definition) is 1. The van der Waals surface area contributed by atoms with Gasteiger partial charge in [0.25, 0.3) is 0 Å². The van der Waals surface area contributed by atoms with Crippen LogP contribution in [0.15, 0.2) is 35.3 Å². The van der Waals surface area contributed by atoms with Gasteiger partial charge in [0.15, 0.2) is 5.96 Å². The van der Waals surface area contributed by atoms with Crippen molar-refractivity contribution >= 4 is 18.0 Å². The van der Waals surface area contributed by atoms with Crippen LogP contribution in [0.2, 0.25) is 0 Å². The van der Waals surface area contributed by atoms with Crippen LogP contribution in [-0.2, 0) is 16.1 Å². The number of likely N-dealkylation sites (N-methyl/N-ethyl adjacent to an activating group) is 1. The van der Waals surface area contributed by atoms with Crippen molar-refractivity contribution < 1.29 is 14.3 Å². The number of piperazine rings is 1. The van der Waals surface area contributed by atoms with Crippen molar-refractivity contribution in [3.63, 3.8) is 0 Å². The fraction of sp³-hybridized carbons (Fsp3) is 0.526. The summed E-state index contributed by atoms with van der Waals surface area (Å²) in [5, 5.41) is 3.16. The van der Waals surface area contributed by atoms with Crippen molar-refractivity contribution in [1.82, 2.24) is 20.0 Å². The molecule has 1 saturated heterocycles.